The Morgan fingerprint density at radius 1 is 0.789 bits per heavy atom. The largest absolute Gasteiger partial charge is 0.379 e. The van der Waals surface area contributed by atoms with E-state index in [1.807, 2.05) is 6.92 Å². The number of fused-ring (bicyclic) bond motifs is 4. The molecule has 2 aromatic carbocycles. The van der Waals surface area contributed by atoms with Gasteiger partial charge < -0.3 is 4.74 Å². The van der Waals surface area contributed by atoms with Crippen molar-refractivity contribution >= 4 is 11.9 Å². The fourth-order valence-corrected chi connectivity index (χ4v) is 7.07. The third-order valence-corrected chi connectivity index (χ3v) is 8.83. The maximum Gasteiger partial charge on any atom is 0.166 e. The minimum absolute atomic E-state index is 0. The summed E-state index contributed by atoms with van der Waals surface area (Å²) in [6.07, 6.45) is 12.3. The number of allylic oxidation sites excluding steroid dienone is 1. The first kappa shape index (κ1) is 28.8. The molecule has 0 amide bonds. The minimum Gasteiger partial charge on any atom is -0.379 e. The second-order valence-electron chi connectivity index (χ2n) is 14.1. The van der Waals surface area contributed by atoms with Crippen molar-refractivity contribution in [2.75, 3.05) is 6.61 Å². The Morgan fingerprint density at radius 3 is 1.87 bits per heavy atom. The molecule has 206 valence electrons. The van der Waals surface area contributed by atoms with E-state index in [-0.39, 0.29) is 13.3 Å². The highest BCUT2D eigenvalue weighted by atomic mass is 16.5. The van der Waals surface area contributed by atoms with Gasteiger partial charge in [0.05, 0.1) is 6.10 Å². The summed E-state index contributed by atoms with van der Waals surface area (Å²) in [5.41, 5.74) is 13.8. The number of benzene rings is 2. The summed E-state index contributed by atoms with van der Waals surface area (Å²) < 4.78 is 5.15. The molecule has 1 heterocycles. The Morgan fingerprint density at radius 2 is 1.34 bits per heavy atom. The standard InChI is InChI=1S/C15H18O.C15H18.C5H10O.CH4/c1-9-4-10-5-11-7-15(2,3)8-12(11)6-13(10)14(9)16;1-10-4-11-6-13-8-15(2,3)9-14(13)7-12(11)5-10;1-5-3-2-4-6-5;/h5-6,9H,4,7-8H2,1-3H3;4,6-7H,5,8-9H2,1-3H3;5H,2-4H2,1H3;1H4. The second kappa shape index (κ2) is 10.8. The van der Waals surface area contributed by atoms with E-state index in [1.54, 1.807) is 16.7 Å². The average Bonchev–Trinajstić information content (AvgIpc) is 3.58. The van der Waals surface area contributed by atoms with Crippen LogP contribution in [0.1, 0.15) is 118 Å². The van der Waals surface area contributed by atoms with E-state index in [0.29, 0.717) is 22.7 Å². The van der Waals surface area contributed by atoms with Crippen LogP contribution in [0.5, 0.6) is 0 Å². The summed E-state index contributed by atoms with van der Waals surface area (Å²) in [6, 6.07) is 9.34. The predicted molar refractivity (Wildman–Crippen MR) is 161 cm³/mol. The second-order valence-corrected chi connectivity index (χ2v) is 14.1. The van der Waals surface area contributed by atoms with Crippen molar-refractivity contribution in [3.8, 4) is 0 Å². The van der Waals surface area contributed by atoms with E-state index >= 15 is 0 Å². The highest BCUT2D eigenvalue weighted by Gasteiger charge is 2.33. The molecule has 38 heavy (non-hydrogen) atoms. The zero-order valence-electron chi connectivity index (χ0n) is 24.2. The van der Waals surface area contributed by atoms with Gasteiger partial charge in [0.15, 0.2) is 5.78 Å². The maximum absolute atomic E-state index is 12.0. The molecule has 1 fully saturated rings. The molecule has 2 unspecified atom stereocenters. The third-order valence-electron chi connectivity index (χ3n) is 8.83. The number of Topliss-reactive ketones (excluding diaryl/α,β-unsaturated/α-hetero) is 1. The lowest BCUT2D eigenvalue weighted by molar-refractivity contribution is 0.0946. The molecule has 2 atom stereocenters. The Bertz CT molecular complexity index is 1240. The smallest absolute Gasteiger partial charge is 0.166 e. The monoisotopic (exact) mass is 514 g/mol. The topological polar surface area (TPSA) is 26.3 Å². The number of carbonyl (C=O) groups excluding carboxylic acids is 1. The average molecular weight is 515 g/mol. The number of hydrogen-bond acceptors (Lipinski definition) is 2. The van der Waals surface area contributed by atoms with Gasteiger partial charge in [-0.25, -0.2) is 0 Å². The Labute approximate surface area is 232 Å². The normalized spacial score (nSPS) is 24.6. The first-order valence-electron chi connectivity index (χ1n) is 14.5. The summed E-state index contributed by atoms with van der Waals surface area (Å²) in [7, 11) is 0. The zero-order chi connectivity index (χ0) is 26.5. The van der Waals surface area contributed by atoms with E-state index in [9.17, 15) is 4.79 Å². The SMILES string of the molecule is C.CC1=Cc2cc3c(cc2C1)CC(C)(C)C3.CC1CCCO1.CC1Cc2cc3c(cc2C1=O)CC(C)(C)C3. The quantitative estimate of drug-likeness (QED) is 0.351. The third kappa shape index (κ3) is 6.17. The number of carbonyl (C=O) groups is 1. The van der Waals surface area contributed by atoms with Gasteiger partial charge in [-0.2, -0.15) is 0 Å². The van der Waals surface area contributed by atoms with Gasteiger partial charge in [-0.3, -0.25) is 4.79 Å². The van der Waals surface area contributed by atoms with Gasteiger partial charge in [0.2, 0.25) is 0 Å². The Kier molecular flexibility index (Phi) is 8.16. The lowest BCUT2D eigenvalue weighted by Gasteiger charge is -2.14. The van der Waals surface area contributed by atoms with Gasteiger partial charge in [-0.05, 0) is 121 Å². The number of rotatable bonds is 0. The van der Waals surface area contributed by atoms with Crippen LogP contribution in [0.4, 0.5) is 0 Å². The molecule has 2 aromatic rings. The molecule has 4 aliphatic carbocycles. The van der Waals surface area contributed by atoms with Gasteiger partial charge >= 0.3 is 0 Å². The van der Waals surface area contributed by atoms with Gasteiger partial charge in [-0.15, -0.1) is 0 Å². The maximum atomic E-state index is 12.0. The molecule has 0 spiro atoms. The van der Waals surface area contributed by atoms with Crippen LogP contribution < -0.4 is 0 Å². The van der Waals surface area contributed by atoms with Crippen LogP contribution in [0.3, 0.4) is 0 Å². The van der Waals surface area contributed by atoms with Crippen molar-refractivity contribution in [2.24, 2.45) is 16.7 Å². The van der Waals surface area contributed by atoms with E-state index in [0.717, 1.165) is 31.4 Å². The molecule has 0 bridgehead atoms. The highest BCUT2D eigenvalue weighted by molar-refractivity contribution is 6.02. The lowest BCUT2D eigenvalue weighted by atomic mass is 9.90. The molecule has 0 N–H and O–H groups in total. The molecule has 2 nitrogen and oxygen atoms in total. The van der Waals surface area contributed by atoms with Crippen molar-refractivity contribution in [3.63, 3.8) is 0 Å². The van der Waals surface area contributed by atoms with Crippen molar-refractivity contribution < 1.29 is 9.53 Å². The summed E-state index contributed by atoms with van der Waals surface area (Å²) in [6.45, 7) is 16.7. The zero-order valence-corrected chi connectivity index (χ0v) is 24.2. The molecule has 5 aliphatic rings. The number of ether oxygens (including phenoxy) is 1. The molecule has 1 saturated heterocycles. The van der Waals surface area contributed by atoms with Crippen LogP contribution in [0.25, 0.3) is 6.08 Å². The van der Waals surface area contributed by atoms with Crippen molar-refractivity contribution in [3.05, 3.63) is 74.3 Å². The van der Waals surface area contributed by atoms with Crippen molar-refractivity contribution in [1.82, 2.24) is 0 Å². The summed E-state index contributed by atoms with van der Waals surface area (Å²) in [4.78, 5) is 12.0. The van der Waals surface area contributed by atoms with Crippen LogP contribution in [-0.4, -0.2) is 18.5 Å². The number of hydrogen-bond donors (Lipinski definition) is 0. The van der Waals surface area contributed by atoms with Crippen LogP contribution in [0.2, 0.25) is 0 Å². The van der Waals surface area contributed by atoms with E-state index in [4.69, 9.17) is 4.74 Å². The molecule has 2 heteroatoms. The summed E-state index contributed by atoms with van der Waals surface area (Å²) >= 11 is 0. The molecule has 0 radical (unpaired) electrons. The fourth-order valence-electron chi connectivity index (χ4n) is 7.07. The van der Waals surface area contributed by atoms with Gasteiger partial charge in [0.25, 0.3) is 0 Å². The fraction of sp³-hybridized carbons (Fsp3) is 0.583. The van der Waals surface area contributed by atoms with Crippen LogP contribution in [0, 0.1) is 16.7 Å². The number of ketones is 1. The summed E-state index contributed by atoms with van der Waals surface area (Å²) in [5.74, 6) is 0.549. The van der Waals surface area contributed by atoms with Crippen molar-refractivity contribution in [1.29, 1.82) is 0 Å². The van der Waals surface area contributed by atoms with Gasteiger partial charge in [0, 0.05) is 18.1 Å². The van der Waals surface area contributed by atoms with Crippen LogP contribution in [0.15, 0.2) is 29.8 Å². The summed E-state index contributed by atoms with van der Waals surface area (Å²) in [5, 5.41) is 0. The molecule has 0 saturated carbocycles. The first-order valence-corrected chi connectivity index (χ1v) is 14.5. The van der Waals surface area contributed by atoms with Crippen molar-refractivity contribution in [2.45, 2.75) is 113 Å². The van der Waals surface area contributed by atoms with Crippen LogP contribution >= 0.6 is 0 Å². The van der Waals surface area contributed by atoms with Gasteiger partial charge in [0.1, 0.15) is 0 Å². The minimum atomic E-state index is 0. The molecule has 7 rings (SSSR count). The van der Waals surface area contributed by atoms with Gasteiger partial charge in [-0.1, -0.05) is 71.9 Å². The van der Waals surface area contributed by atoms with E-state index in [1.165, 1.54) is 59.9 Å². The molecule has 0 aromatic heterocycles. The first-order chi connectivity index (χ1) is 17.4. The van der Waals surface area contributed by atoms with Crippen LogP contribution in [-0.2, 0) is 43.3 Å². The highest BCUT2D eigenvalue weighted by Crippen LogP contribution is 2.41. The van der Waals surface area contributed by atoms with E-state index in [2.05, 4.69) is 71.9 Å². The molecular weight excluding hydrogens is 464 g/mol. The van der Waals surface area contributed by atoms with E-state index < -0.39 is 0 Å². The predicted octanol–water partition coefficient (Wildman–Crippen LogP) is 8.78. The Hall–Kier alpha value is -2.19. The molecule has 1 aliphatic heterocycles. The molecular formula is C36H50O2. The lowest BCUT2D eigenvalue weighted by Crippen LogP contribution is -2.09. The Balaban J connectivity index is 0.000000143.